The molecule has 2 bridgehead atoms. The Kier molecular flexibility index (Phi) is 11.6. The molecule has 9 nitrogen and oxygen atoms in total. The van der Waals surface area contributed by atoms with Gasteiger partial charge < -0.3 is 24.3 Å². The van der Waals surface area contributed by atoms with Crippen LogP contribution in [-0.2, 0) is 22.7 Å². The molecule has 0 saturated carbocycles. The average molecular weight is 634 g/mol. The number of hydrogen-bond donors (Lipinski definition) is 0. The number of amides is 3. The average Bonchev–Trinajstić information content (AvgIpc) is 3.10. The van der Waals surface area contributed by atoms with Crippen molar-refractivity contribution in [3.8, 4) is 5.75 Å². The SMILES string of the molecule is CN(Cc1ccccc1)C(=O)CN1CCCCCCOc2ccccc2N(CC(=O)N(C)Cc2ccccc2)c2cncc(c2)C1=O. The van der Waals surface area contributed by atoms with Gasteiger partial charge in [0.05, 0.1) is 29.7 Å². The van der Waals surface area contributed by atoms with Crippen LogP contribution in [0.5, 0.6) is 5.75 Å². The van der Waals surface area contributed by atoms with Gasteiger partial charge in [0, 0.05) is 39.9 Å². The van der Waals surface area contributed by atoms with Crippen molar-refractivity contribution in [2.24, 2.45) is 0 Å². The van der Waals surface area contributed by atoms with Gasteiger partial charge in [0.15, 0.2) is 0 Å². The molecular weight excluding hydrogens is 590 g/mol. The van der Waals surface area contributed by atoms with Crippen LogP contribution in [0.1, 0.15) is 47.2 Å². The van der Waals surface area contributed by atoms with Crippen LogP contribution in [0.4, 0.5) is 11.4 Å². The Balaban J connectivity index is 1.43. The Bertz CT molecular complexity index is 1630. The van der Waals surface area contributed by atoms with Crippen LogP contribution >= 0.6 is 0 Å². The minimum absolute atomic E-state index is 0.00944. The molecule has 1 aliphatic rings. The van der Waals surface area contributed by atoms with E-state index in [0.29, 0.717) is 48.9 Å². The molecule has 0 radical (unpaired) electrons. The molecule has 0 atom stereocenters. The molecule has 1 aliphatic heterocycles. The van der Waals surface area contributed by atoms with E-state index < -0.39 is 0 Å². The van der Waals surface area contributed by atoms with E-state index in [1.807, 2.05) is 89.8 Å². The topological polar surface area (TPSA) is 86.3 Å². The van der Waals surface area contributed by atoms with Crippen molar-refractivity contribution in [3.63, 3.8) is 0 Å². The normalized spacial score (nSPS) is 13.9. The van der Waals surface area contributed by atoms with Gasteiger partial charge in [-0.3, -0.25) is 19.4 Å². The van der Waals surface area contributed by atoms with E-state index in [1.54, 1.807) is 41.1 Å². The molecule has 0 spiro atoms. The summed E-state index contributed by atoms with van der Waals surface area (Å²) in [5.74, 6) is 0.145. The largest absolute Gasteiger partial charge is 0.491 e. The number of para-hydroxylation sites is 2. The molecule has 5 rings (SSSR count). The van der Waals surface area contributed by atoms with Crippen molar-refractivity contribution in [2.75, 3.05) is 45.2 Å². The van der Waals surface area contributed by atoms with Crippen LogP contribution in [-0.4, -0.2) is 77.7 Å². The van der Waals surface area contributed by atoms with Gasteiger partial charge >= 0.3 is 0 Å². The third kappa shape index (κ3) is 9.19. The van der Waals surface area contributed by atoms with Gasteiger partial charge in [-0.1, -0.05) is 85.6 Å². The van der Waals surface area contributed by atoms with Crippen LogP contribution in [0, 0.1) is 0 Å². The number of hydrogen-bond acceptors (Lipinski definition) is 6. The third-order valence-electron chi connectivity index (χ3n) is 8.30. The smallest absolute Gasteiger partial charge is 0.255 e. The summed E-state index contributed by atoms with van der Waals surface area (Å²) < 4.78 is 6.26. The fraction of sp³-hybridized carbons (Fsp3) is 0.316. The lowest BCUT2D eigenvalue weighted by molar-refractivity contribution is -0.131. The molecule has 3 amide bonds. The zero-order valence-electron chi connectivity index (χ0n) is 27.3. The second-order valence-corrected chi connectivity index (χ2v) is 11.9. The zero-order chi connectivity index (χ0) is 33.0. The Hall–Kier alpha value is -5.18. The fourth-order valence-corrected chi connectivity index (χ4v) is 5.62. The number of rotatable bonds is 8. The quantitative estimate of drug-likeness (QED) is 0.239. The lowest BCUT2D eigenvalue weighted by Gasteiger charge is -2.29. The summed E-state index contributed by atoms with van der Waals surface area (Å²) >= 11 is 0. The highest BCUT2D eigenvalue weighted by atomic mass is 16.5. The summed E-state index contributed by atoms with van der Waals surface area (Å²) in [6.45, 7) is 1.86. The number of ether oxygens (including phenoxy) is 1. The van der Waals surface area contributed by atoms with E-state index >= 15 is 0 Å². The summed E-state index contributed by atoms with van der Waals surface area (Å²) in [6.07, 6.45) is 6.61. The Labute approximate surface area is 277 Å². The van der Waals surface area contributed by atoms with Crippen molar-refractivity contribution < 1.29 is 19.1 Å². The first-order chi connectivity index (χ1) is 22.9. The Morgan fingerprint density at radius 3 is 2.02 bits per heavy atom. The Morgan fingerprint density at radius 2 is 1.34 bits per heavy atom. The van der Waals surface area contributed by atoms with E-state index in [-0.39, 0.29) is 30.8 Å². The van der Waals surface area contributed by atoms with Gasteiger partial charge in [0.1, 0.15) is 18.8 Å². The standard InChI is InChI=1S/C38H43N5O4/c1-40(26-30-15-7-5-8-16-30)36(44)28-42-21-13-3-4-14-22-47-35-20-12-11-19-34(35)43(33-23-32(38(42)46)24-39-25-33)29-37(45)41(2)27-31-17-9-6-10-18-31/h5-12,15-20,23-25H,3-4,13-14,21-22,26-29H2,1-2H3. The van der Waals surface area contributed by atoms with Crippen LogP contribution in [0.15, 0.2) is 103 Å². The molecule has 244 valence electrons. The van der Waals surface area contributed by atoms with Crippen molar-refractivity contribution >= 4 is 29.1 Å². The molecule has 0 N–H and O–H groups in total. The first kappa shape index (κ1) is 33.2. The van der Waals surface area contributed by atoms with Gasteiger partial charge in [-0.25, -0.2) is 0 Å². The predicted octanol–water partition coefficient (Wildman–Crippen LogP) is 5.93. The van der Waals surface area contributed by atoms with E-state index in [0.717, 1.165) is 36.8 Å². The number of pyridine rings is 1. The lowest BCUT2D eigenvalue weighted by Crippen LogP contribution is -2.42. The molecule has 1 aromatic heterocycles. The summed E-state index contributed by atoms with van der Waals surface area (Å²) in [5.41, 5.74) is 3.70. The minimum Gasteiger partial charge on any atom is -0.491 e. The highest BCUT2D eigenvalue weighted by molar-refractivity contribution is 5.97. The molecule has 4 aromatic rings. The number of carbonyl (C=O) groups excluding carboxylic acids is 3. The number of fused-ring (bicyclic) bond motifs is 3. The van der Waals surface area contributed by atoms with Gasteiger partial charge in [-0.15, -0.1) is 0 Å². The molecule has 9 heteroatoms. The molecule has 2 heterocycles. The van der Waals surface area contributed by atoms with Crippen LogP contribution in [0.25, 0.3) is 0 Å². The molecule has 0 unspecified atom stereocenters. The van der Waals surface area contributed by atoms with Gasteiger partial charge in [0.25, 0.3) is 5.91 Å². The van der Waals surface area contributed by atoms with Crippen molar-refractivity contribution in [2.45, 2.75) is 38.8 Å². The van der Waals surface area contributed by atoms with Gasteiger partial charge in [0.2, 0.25) is 11.8 Å². The van der Waals surface area contributed by atoms with Crippen molar-refractivity contribution in [1.82, 2.24) is 19.7 Å². The molecule has 0 saturated heterocycles. The lowest BCUT2D eigenvalue weighted by atomic mass is 10.1. The highest BCUT2D eigenvalue weighted by Gasteiger charge is 2.25. The number of carbonyl (C=O) groups is 3. The second-order valence-electron chi connectivity index (χ2n) is 11.9. The number of benzene rings is 3. The van der Waals surface area contributed by atoms with Crippen molar-refractivity contribution in [3.05, 3.63) is 120 Å². The molecular formula is C38H43N5O4. The number of nitrogens with zero attached hydrogens (tertiary/aromatic N) is 5. The van der Waals surface area contributed by atoms with Crippen LogP contribution in [0.3, 0.4) is 0 Å². The summed E-state index contributed by atoms with van der Waals surface area (Å²) in [5, 5.41) is 0. The first-order valence-electron chi connectivity index (χ1n) is 16.2. The maximum Gasteiger partial charge on any atom is 0.255 e. The summed E-state index contributed by atoms with van der Waals surface area (Å²) in [7, 11) is 3.55. The van der Waals surface area contributed by atoms with Crippen LogP contribution in [0.2, 0.25) is 0 Å². The zero-order valence-corrected chi connectivity index (χ0v) is 27.3. The summed E-state index contributed by atoms with van der Waals surface area (Å²) in [4.78, 5) is 52.3. The highest BCUT2D eigenvalue weighted by Crippen LogP contribution is 2.34. The van der Waals surface area contributed by atoms with Gasteiger partial charge in [-0.05, 0) is 42.2 Å². The van der Waals surface area contributed by atoms with E-state index in [4.69, 9.17) is 4.74 Å². The van der Waals surface area contributed by atoms with Gasteiger partial charge in [-0.2, -0.15) is 0 Å². The monoisotopic (exact) mass is 633 g/mol. The first-order valence-corrected chi connectivity index (χ1v) is 16.2. The number of anilines is 2. The third-order valence-corrected chi connectivity index (χ3v) is 8.30. The maximum absolute atomic E-state index is 14.0. The second kappa shape index (κ2) is 16.4. The van der Waals surface area contributed by atoms with E-state index in [1.165, 1.54) is 6.20 Å². The van der Waals surface area contributed by atoms with E-state index in [9.17, 15) is 14.4 Å². The minimum atomic E-state index is -0.271. The number of aromatic nitrogens is 1. The molecule has 0 fully saturated rings. The number of likely N-dealkylation sites (N-methyl/N-ethyl adjacent to an activating group) is 2. The van der Waals surface area contributed by atoms with Crippen LogP contribution < -0.4 is 9.64 Å². The Morgan fingerprint density at radius 1 is 0.745 bits per heavy atom. The maximum atomic E-state index is 14.0. The summed E-state index contributed by atoms with van der Waals surface area (Å²) in [6, 6.07) is 29.0. The fourth-order valence-electron chi connectivity index (χ4n) is 5.62. The van der Waals surface area contributed by atoms with E-state index in [2.05, 4.69) is 4.98 Å². The molecule has 0 aliphatic carbocycles. The predicted molar refractivity (Wildman–Crippen MR) is 183 cm³/mol. The molecule has 47 heavy (non-hydrogen) atoms. The van der Waals surface area contributed by atoms with Crippen molar-refractivity contribution in [1.29, 1.82) is 0 Å². The molecule has 3 aromatic carbocycles.